The van der Waals surface area contributed by atoms with Crippen LogP contribution in [-0.4, -0.2) is 46.9 Å². The fourth-order valence-corrected chi connectivity index (χ4v) is 7.04. The van der Waals surface area contributed by atoms with E-state index in [-0.39, 0.29) is 31.3 Å². The van der Waals surface area contributed by atoms with Crippen molar-refractivity contribution in [2.24, 2.45) is 0 Å². The van der Waals surface area contributed by atoms with Gasteiger partial charge in [0.1, 0.15) is 6.10 Å². The van der Waals surface area contributed by atoms with E-state index in [0.29, 0.717) is 19.3 Å². The Balaban J connectivity index is 4.83. The fraction of sp³-hybridized carbons (Fsp3) is 0.621. The average Bonchev–Trinajstić information content (AvgIpc) is 3.29. The van der Waals surface area contributed by atoms with E-state index in [1.165, 1.54) is 64.2 Å². The number of aliphatic hydroxyl groups excluding tert-OH is 2. The van der Waals surface area contributed by atoms with Gasteiger partial charge in [0.05, 0.1) is 25.2 Å². The van der Waals surface area contributed by atoms with Crippen molar-refractivity contribution >= 4 is 11.9 Å². The molecule has 0 bridgehead atoms. The summed E-state index contributed by atoms with van der Waals surface area (Å²) < 4.78 is 5.87. The average molecular weight is 886 g/mol. The molecule has 0 fully saturated rings. The summed E-state index contributed by atoms with van der Waals surface area (Å²) in [4.78, 5) is 26.1. The fourth-order valence-electron chi connectivity index (χ4n) is 7.04. The van der Waals surface area contributed by atoms with Crippen LogP contribution in [0.2, 0.25) is 0 Å². The van der Waals surface area contributed by atoms with E-state index in [4.69, 9.17) is 4.74 Å². The zero-order valence-corrected chi connectivity index (χ0v) is 41.1. The van der Waals surface area contributed by atoms with Gasteiger partial charge in [-0.1, -0.05) is 239 Å². The molecule has 6 heteroatoms. The lowest BCUT2D eigenvalue weighted by atomic mass is 10.0. The zero-order chi connectivity index (χ0) is 46.7. The molecule has 3 N–H and O–H groups in total. The highest BCUT2D eigenvalue weighted by Crippen LogP contribution is 2.16. The monoisotopic (exact) mass is 886 g/mol. The molecule has 0 spiro atoms. The number of allylic oxidation sites excluding steroid dienone is 20. The smallest absolute Gasteiger partial charge is 0.306 e. The normalized spacial score (nSPS) is 14.3. The van der Waals surface area contributed by atoms with Crippen LogP contribution >= 0.6 is 0 Å². The minimum atomic E-state index is -0.820. The van der Waals surface area contributed by atoms with Crippen LogP contribution in [0.5, 0.6) is 0 Å². The number of ether oxygens (including phenoxy) is 1. The van der Waals surface area contributed by atoms with Crippen LogP contribution in [0.1, 0.15) is 207 Å². The first kappa shape index (κ1) is 60.3. The predicted octanol–water partition coefficient (Wildman–Crippen LogP) is 15.7. The Bertz CT molecular complexity index is 1360. The third kappa shape index (κ3) is 44.9. The van der Waals surface area contributed by atoms with Crippen LogP contribution in [0.3, 0.4) is 0 Å². The Hall–Kier alpha value is -3.74. The second-order valence-corrected chi connectivity index (χ2v) is 17.0. The summed E-state index contributed by atoms with van der Waals surface area (Å²) in [5.41, 5.74) is 0. The number of amides is 1. The van der Waals surface area contributed by atoms with E-state index in [9.17, 15) is 19.8 Å². The molecule has 1 amide bonds. The van der Waals surface area contributed by atoms with Crippen LogP contribution in [0, 0.1) is 0 Å². The van der Waals surface area contributed by atoms with Gasteiger partial charge in [0.15, 0.2) is 0 Å². The van der Waals surface area contributed by atoms with Gasteiger partial charge >= 0.3 is 5.97 Å². The van der Waals surface area contributed by atoms with Crippen molar-refractivity contribution in [2.75, 3.05) is 6.61 Å². The van der Waals surface area contributed by atoms with E-state index in [2.05, 4.69) is 105 Å². The molecule has 362 valence electrons. The van der Waals surface area contributed by atoms with Crippen LogP contribution in [0.15, 0.2) is 122 Å². The minimum Gasteiger partial charge on any atom is -0.462 e. The number of carbonyl (C=O) groups is 2. The Labute approximate surface area is 393 Å². The lowest BCUT2D eigenvalue weighted by Crippen LogP contribution is -2.46. The molecule has 0 aliphatic rings. The highest BCUT2D eigenvalue weighted by Gasteiger charge is 2.24. The van der Waals surface area contributed by atoms with Crippen LogP contribution < -0.4 is 5.32 Å². The van der Waals surface area contributed by atoms with Gasteiger partial charge in [-0.3, -0.25) is 9.59 Å². The van der Waals surface area contributed by atoms with Gasteiger partial charge in [-0.2, -0.15) is 0 Å². The molecule has 0 saturated heterocycles. The van der Waals surface area contributed by atoms with E-state index in [1.807, 2.05) is 42.5 Å². The number of carbonyl (C=O) groups excluding carboxylic acids is 2. The molecule has 0 rings (SSSR count). The maximum absolute atomic E-state index is 13.2. The molecule has 0 radical (unpaired) electrons. The van der Waals surface area contributed by atoms with Gasteiger partial charge in [-0.05, 0) is 77.0 Å². The molecule has 0 aromatic heterocycles. The number of nitrogens with one attached hydrogen (secondary N) is 1. The first-order chi connectivity index (χ1) is 31.5. The van der Waals surface area contributed by atoms with E-state index >= 15 is 0 Å². The molecule has 6 nitrogen and oxygen atoms in total. The molecular formula is C58H95NO5. The highest BCUT2D eigenvalue weighted by molar-refractivity contribution is 5.77. The molecule has 0 aromatic carbocycles. The summed E-state index contributed by atoms with van der Waals surface area (Å²) in [6.07, 6.45) is 69.7. The summed E-state index contributed by atoms with van der Waals surface area (Å²) in [6.45, 7) is 6.24. The number of aliphatic hydroxyl groups is 2. The topological polar surface area (TPSA) is 95.9 Å². The summed E-state index contributed by atoms with van der Waals surface area (Å²) in [5.74, 6) is -0.627. The van der Waals surface area contributed by atoms with Gasteiger partial charge in [0.25, 0.3) is 0 Å². The van der Waals surface area contributed by atoms with Crippen molar-refractivity contribution in [3.8, 4) is 0 Å². The summed E-state index contributed by atoms with van der Waals surface area (Å²) in [7, 11) is 0. The third-order valence-corrected chi connectivity index (χ3v) is 10.9. The second-order valence-electron chi connectivity index (χ2n) is 17.0. The quantitative estimate of drug-likeness (QED) is 0.0245. The van der Waals surface area contributed by atoms with Crippen LogP contribution in [0.4, 0.5) is 0 Å². The predicted molar refractivity (Wildman–Crippen MR) is 277 cm³/mol. The number of hydrogen-bond donors (Lipinski definition) is 3. The SMILES string of the molecule is CC/C=C/C/C=C/C/C=C/C/C=C/C/C=C/CCC(=O)OC(CCCCC/C=C/C=C/C=C/C=C/C=C/CCC)CC(=O)NC(CO)C(O)CCCCCCCCCCCCCCC. The number of hydrogen-bond acceptors (Lipinski definition) is 5. The number of esters is 1. The van der Waals surface area contributed by atoms with Crippen LogP contribution in [-0.2, 0) is 14.3 Å². The molecular weight excluding hydrogens is 791 g/mol. The van der Waals surface area contributed by atoms with Crippen molar-refractivity contribution in [3.05, 3.63) is 122 Å². The summed E-state index contributed by atoms with van der Waals surface area (Å²) in [5, 5.41) is 23.8. The molecule has 0 saturated carbocycles. The van der Waals surface area contributed by atoms with Crippen molar-refractivity contribution < 1.29 is 24.5 Å². The van der Waals surface area contributed by atoms with Crippen LogP contribution in [0.25, 0.3) is 0 Å². The van der Waals surface area contributed by atoms with Gasteiger partial charge < -0.3 is 20.3 Å². The second kappa shape index (κ2) is 50.3. The Morgan fingerprint density at radius 2 is 0.938 bits per heavy atom. The van der Waals surface area contributed by atoms with Gasteiger partial charge in [-0.25, -0.2) is 0 Å². The van der Waals surface area contributed by atoms with E-state index in [1.54, 1.807) is 0 Å². The van der Waals surface area contributed by atoms with Crippen molar-refractivity contribution in [3.63, 3.8) is 0 Å². The zero-order valence-electron chi connectivity index (χ0n) is 41.1. The molecule has 3 unspecified atom stereocenters. The standard InChI is InChI=1S/C58H95NO5/c1-4-7-10-13-16-19-22-25-27-29-32-34-37-40-43-46-49-54(64-58(63)51-48-45-42-39-36-33-30-28-26-23-20-17-14-11-8-5-2)52-57(62)59-55(53-60)56(61)50-47-44-41-38-35-31-24-21-18-15-12-9-6-3/h8,10-11,13,16-17,19-20,22,25-29,32-34,36,42,45,54-56,60-61H,4-7,9,12,14-15,18,21,23-24,30-31,35,37-41,43-44,46-53H2,1-3H3,(H,59,62)/b11-8+,13-10+,19-16+,20-17+,25-22+,28-26+,29-27+,34-32+,36-33+,45-42+. The molecule has 0 aliphatic carbocycles. The number of unbranched alkanes of at least 4 members (excludes halogenated alkanes) is 16. The lowest BCUT2D eigenvalue weighted by Gasteiger charge is -2.24. The van der Waals surface area contributed by atoms with Crippen molar-refractivity contribution in [1.29, 1.82) is 0 Å². The first-order valence-electron chi connectivity index (χ1n) is 25.8. The van der Waals surface area contributed by atoms with Crippen molar-refractivity contribution in [1.82, 2.24) is 5.32 Å². The first-order valence-corrected chi connectivity index (χ1v) is 25.8. The molecule has 64 heavy (non-hydrogen) atoms. The van der Waals surface area contributed by atoms with Gasteiger partial charge in [0.2, 0.25) is 5.91 Å². The molecule has 3 atom stereocenters. The maximum Gasteiger partial charge on any atom is 0.306 e. The molecule has 0 aromatic rings. The number of rotatable bonds is 44. The van der Waals surface area contributed by atoms with E-state index in [0.717, 1.165) is 89.9 Å². The van der Waals surface area contributed by atoms with Gasteiger partial charge in [-0.15, -0.1) is 0 Å². The van der Waals surface area contributed by atoms with Gasteiger partial charge in [0, 0.05) is 6.42 Å². The largest absolute Gasteiger partial charge is 0.462 e. The van der Waals surface area contributed by atoms with Crippen molar-refractivity contribution in [2.45, 2.75) is 225 Å². The maximum atomic E-state index is 13.2. The summed E-state index contributed by atoms with van der Waals surface area (Å²) >= 11 is 0. The highest BCUT2D eigenvalue weighted by atomic mass is 16.5. The van der Waals surface area contributed by atoms with E-state index < -0.39 is 18.2 Å². The Morgan fingerprint density at radius 3 is 1.45 bits per heavy atom. The molecule has 0 aliphatic heterocycles. The molecule has 0 heterocycles. The Morgan fingerprint density at radius 1 is 0.484 bits per heavy atom. The summed E-state index contributed by atoms with van der Waals surface area (Å²) in [6, 6.07) is -0.739. The minimum absolute atomic E-state index is 0.0117. The lowest BCUT2D eigenvalue weighted by molar-refractivity contribution is -0.150. The Kier molecular flexibility index (Phi) is 47.3. The third-order valence-electron chi connectivity index (χ3n) is 10.9.